The number of hydrogen-bond donors (Lipinski definition) is 3. The molecule has 3 saturated heterocycles. The minimum atomic E-state index is -3.33. The van der Waals surface area contributed by atoms with Crippen LogP contribution in [-0.2, 0) is 35.6 Å². The maximum absolute atomic E-state index is 13.4. The van der Waals surface area contributed by atoms with Crippen LogP contribution >= 0.6 is 12.2 Å². The van der Waals surface area contributed by atoms with Gasteiger partial charge in [0.2, 0.25) is 21.8 Å². The number of nitrogens with zero attached hydrogens (tertiary/aromatic N) is 4. The summed E-state index contributed by atoms with van der Waals surface area (Å²) in [5.74, 6) is -2.56. The Balaban J connectivity index is 0.770. The predicted molar refractivity (Wildman–Crippen MR) is 256 cm³/mol. The van der Waals surface area contributed by atoms with Crippen molar-refractivity contribution in [3.8, 4) is 16.9 Å². The number of ether oxygens (including phenoxy) is 1. The standard InChI is InChI=1S/C49H57N7O9S2/c1-30(2)67(63,64)54-22-18-35(19-23-54)55-28-38(32-8-6-9-33(25-32)46(50)66)36-14-12-31(24-40(36)55)13-16-41(57)34-26-53(27-34)21-5-3-4-20-51-44(59)29-65-42-11-7-10-37-45(42)49(62)56(48(37)61)39-15-17-43(58)52-47(39)60/h6-12,14,24-25,28,30,34-35,39H,3-5,13,15-23,26-27,29H2,1-2H3,(H2,50,66)(H,51,59)(H,52,58,60). The molecule has 0 spiro atoms. The van der Waals surface area contributed by atoms with Crippen molar-refractivity contribution in [3.63, 3.8) is 0 Å². The van der Waals surface area contributed by atoms with Crippen LogP contribution in [-0.4, -0.2) is 125 Å². The first-order valence-corrected chi connectivity index (χ1v) is 25.0. The lowest BCUT2D eigenvalue weighted by Gasteiger charge is -2.38. The molecule has 3 fully saturated rings. The van der Waals surface area contributed by atoms with E-state index in [4.69, 9.17) is 22.7 Å². The number of carbonyl (C=O) groups excluding carboxylic acids is 6. The summed E-state index contributed by atoms with van der Waals surface area (Å²) in [5, 5.41) is 5.61. The van der Waals surface area contributed by atoms with E-state index >= 15 is 0 Å². The number of nitrogens with one attached hydrogen (secondary N) is 2. The highest BCUT2D eigenvalue weighted by molar-refractivity contribution is 7.89. The van der Waals surface area contributed by atoms with Crippen LogP contribution in [0.2, 0.25) is 0 Å². The van der Waals surface area contributed by atoms with E-state index < -0.39 is 44.9 Å². The number of aromatic nitrogens is 1. The smallest absolute Gasteiger partial charge is 0.266 e. The first-order chi connectivity index (χ1) is 32.1. The summed E-state index contributed by atoms with van der Waals surface area (Å²) in [6, 6.07) is 17.8. The highest BCUT2D eigenvalue weighted by Gasteiger charge is 2.46. The maximum atomic E-state index is 13.4. The van der Waals surface area contributed by atoms with Crippen molar-refractivity contribution < 1.29 is 41.9 Å². The van der Waals surface area contributed by atoms with Crippen LogP contribution in [0, 0.1) is 5.92 Å². The number of unbranched alkanes of at least 4 members (excludes halogenated alkanes) is 2. The van der Waals surface area contributed by atoms with Crippen molar-refractivity contribution in [2.75, 3.05) is 45.9 Å². The molecule has 18 heteroatoms. The average Bonchev–Trinajstić information content (AvgIpc) is 3.80. The van der Waals surface area contributed by atoms with Crippen molar-refractivity contribution in [1.82, 2.24) is 29.3 Å². The lowest BCUT2D eigenvalue weighted by molar-refractivity contribution is -0.136. The van der Waals surface area contributed by atoms with Gasteiger partial charge in [-0.1, -0.05) is 55.0 Å². The molecule has 4 aromatic rings. The topological polar surface area (TPSA) is 211 Å². The Morgan fingerprint density at radius 3 is 2.42 bits per heavy atom. The molecule has 67 heavy (non-hydrogen) atoms. The third-order valence-corrected chi connectivity index (χ3v) is 16.0. The highest BCUT2D eigenvalue weighted by atomic mass is 32.2. The molecule has 0 saturated carbocycles. The van der Waals surface area contributed by atoms with Gasteiger partial charge >= 0.3 is 0 Å². The first kappa shape index (κ1) is 47.7. The number of likely N-dealkylation sites (tertiary alicyclic amines) is 1. The van der Waals surface area contributed by atoms with Crippen molar-refractivity contribution >= 4 is 73.5 Å². The SMILES string of the molecule is CC(C)S(=O)(=O)N1CCC(n2cc(-c3cccc(C(N)=S)c3)c3ccc(CCC(=O)C4CN(CCCCCNC(=O)COc5cccc6c5C(=O)N(C5CCC(=O)NC5=O)C6=O)C4)cc32)CC1. The van der Waals surface area contributed by atoms with Crippen molar-refractivity contribution in [3.05, 3.63) is 89.1 Å². The molecule has 8 rings (SSSR count). The van der Waals surface area contributed by atoms with E-state index in [1.807, 2.05) is 24.3 Å². The van der Waals surface area contributed by atoms with Crippen LogP contribution in [0.15, 0.2) is 66.9 Å². The molecule has 0 bridgehead atoms. The number of benzene rings is 3. The predicted octanol–water partition coefficient (Wildman–Crippen LogP) is 4.52. The second-order valence-corrected chi connectivity index (χ2v) is 21.1. The normalized spacial score (nSPS) is 18.6. The third kappa shape index (κ3) is 10.2. The number of piperidine rings is 2. The Hall–Kier alpha value is -5.82. The number of fused-ring (bicyclic) bond motifs is 2. The maximum Gasteiger partial charge on any atom is 0.266 e. The van der Waals surface area contributed by atoms with Crippen LogP contribution < -0.4 is 21.1 Å². The molecule has 16 nitrogen and oxygen atoms in total. The molecule has 3 aromatic carbocycles. The Bertz CT molecular complexity index is 2740. The second kappa shape index (κ2) is 20.2. The molecule has 5 amide bonds. The monoisotopic (exact) mass is 951 g/mol. The zero-order chi connectivity index (χ0) is 47.6. The van der Waals surface area contributed by atoms with E-state index in [1.165, 1.54) is 12.1 Å². The number of hydrogen-bond acceptors (Lipinski definition) is 11. The summed E-state index contributed by atoms with van der Waals surface area (Å²) in [5.41, 5.74) is 11.0. The fourth-order valence-electron chi connectivity index (χ4n) is 9.59. The van der Waals surface area contributed by atoms with Crippen LogP contribution in [0.4, 0.5) is 0 Å². The number of ketones is 1. The van der Waals surface area contributed by atoms with E-state index in [1.54, 1.807) is 24.2 Å². The van der Waals surface area contributed by atoms with Crippen LogP contribution in [0.1, 0.15) is 103 Å². The van der Waals surface area contributed by atoms with Gasteiger partial charge in [0.15, 0.2) is 6.61 Å². The van der Waals surface area contributed by atoms with Gasteiger partial charge in [-0.05, 0) is 94.3 Å². The van der Waals surface area contributed by atoms with Gasteiger partial charge in [0.25, 0.3) is 17.7 Å². The van der Waals surface area contributed by atoms with Gasteiger partial charge in [-0.2, -0.15) is 0 Å². The largest absolute Gasteiger partial charge is 0.483 e. The summed E-state index contributed by atoms with van der Waals surface area (Å²) < 4.78 is 35.5. The Labute approximate surface area is 395 Å². The number of thiocarbonyl (C=S) groups is 1. The lowest BCUT2D eigenvalue weighted by Crippen LogP contribution is -2.54. The molecule has 1 unspecified atom stereocenters. The fraction of sp³-hybridized carbons (Fsp3) is 0.449. The average molecular weight is 952 g/mol. The molecule has 4 aliphatic rings. The Morgan fingerprint density at radius 1 is 0.925 bits per heavy atom. The van der Waals surface area contributed by atoms with Crippen molar-refractivity contribution in [2.24, 2.45) is 11.7 Å². The summed E-state index contributed by atoms with van der Waals surface area (Å²) in [4.78, 5) is 79.8. The molecule has 4 aliphatic heterocycles. The fourth-order valence-corrected chi connectivity index (χ4v) is 11.0. The van der Waals surface area contributed by atoms with Crippen LogP contribution in [0.3, 0.4) is 0 Å². The quantitative estimate of drug-likeness (QED) is 0.0674. The number of nitrogens with two attached hydrogens (primary N) is 1. The van der Waals surface area contributed by atoms with E-state index in [0.29, 0.717) is 50.3 Å². The summed E-state index contributed by atoms with van der Waals surface area (Å²) in [7, 11) is -3.33. The number of sulfonamides is 1. The summed E-state index contributed by atoms with van der Waals surface area (Å²) in [6.45, 7) is 6.77. The summed E-state index contributed by atoms with van der Waals surface area (Å²) >= 11 is 5.28. The highest BCUT2D eigenvalue weighted by Crippen LogP contribution is 2.38. The van der Waals surface area contributed by atoms with Gasteiger partial charge in [0, 0.05) is 85.8 Å². The first-order valence-electron chi connectivity index (χ1n) is 23.1. The second-order valence-electron chi connectivity index (χ2n) is 18.2. The lowest BCUT2D eigenvalue weighted by atomic mass is 9.91. The molecule has 4 N–H and O–H groups in total. The Morgan fingerprint density at radius 2 is 1.69 bits per heavy atom. The number of imide groups is 2. The molecule has 1 aromatic heterocycles. The van der Waals surface area contributed by atoms with Crippen LogP contribution in [0.25, 0.3) is 22.0 Å². The van der Waals surface area contributed by atoms with Gasteiger partial charge in [0.1, 0.15) is 22.6 Å². The van der Waals surface area contributed by atoms with Gasteiger partial charge in [-0.15, -0.1) is 0 Å². The number of aryl methyl sites for hydroxylation is 1. The number of rotatable bonds is 19. The van der Waals surface area contributed by atoms with Crippen molar-refractivity contribution in [1.29, 1.82) is 0 Å². The van der Waals surface area contributed by atoms with Gasteiger partial charge < -0.3 is 25.3 Å². The molecule has 0 aliphatic carbocycles. The van der Waals surface area contributed by atoms with Crippen molar-refractivity contribution in [2.45, 2.75) is 89.0 Å². The minimum absolute atomic E-state index is 0.00597. The molecular weight excluding hydrogens is 895 g/mol. The zero-order valence-corrected chi connectivity index (χ0v) is 39.5. The van der Waals surface area contributed by atoms with E-state index in [2.05, 4.69) is 44.5 Å². The number of carbonyl (C=O) groups is 6. The van der Waals surface area contributed by atoms with E-state index in [0.717, 1.165) is 77.0 Å². The van der Waals surface area contributed by atoms with Crippen LogP contribution in [0.5, 0.6) is 5.75 Å². The van der Waals surface area contributed by atoms with E-state index in [-0.39, 0.29) is 60.0 Å². The van der Waals surface area contributed by atoms with Gasteiger partial charge in [0.05, 0.1) is 16.4 Å². The number of Topliss-reactive ketones (excluding diaryl/α,β-unsaturated/α-hetero) is 1. The van der Waals surface area contributed by atoms with Gasteiger partial charge in [-0.25, -0.2) is 12.7 Å². The van der Waals surface area contributed by atoms with E-state index in [9.17, 15) is 37.2 Å². The minimum Gasteiger partial charge on any atom is -0.483 e. The Kier molecular flexibility index (Phi) is 14.4. The molecule has 1 atom stereocenters. The third-order valence-electron chi connectivity index (χ3n) is 13.5. The van der Waals surface area contributed by atoms with Gasteiger partial charge in [-0.3, -0.25) is 39.0 Å². The summed E-state index contributed by atoms with van der Waals surface area (Å²) in [6.07, 6.45) is 7.22. The molecule has 354 valence electrons. The zero-order valence-electron chi connectivity index (χ0n) is 37.8. The number of amides is 5. The molecule has 0 radical (unpaired) electrons. The molecular formula is C49H57N7O9S2. The molecule has 5 heterocycles.